The van der Waals surface area contributed by atoms with E-state index >= 15 is 4.39 Å². The normalized spacial score (nSPS) is 22.8. The molecule has 2 saturated carbocycles. The van der Waals surface area contributed by atoms with Crippen LogP contribution in [-0.2, 0) is 17.2 Å². The lowest BCUT2D eigenvalue weighted by atomic mass is 9.74. The number of amides is 1. The van der Waals surface area contributed by atoms with Crippen molar-refractivity contribution in [1.82, 2.24) is 24.6 Å². The van der Waals surface area contributed by atoms with E-state index in [1.165, 1.54) is 25.6 Å². The lowest BCUT2D eigenvalue weighted by Crippen LogP contribution is -2.50. The van der Waals surface area contributed by atoms with Crippen LogP contribution in [0.1, 0.15) is 90.3 Å². The summed E-state index contributed by atoms with van der Waals surface area (Å²) in [7, 11) is 1.73. The van der Waals surface area contributed by atoms with Crippen LogP contribution in [0.5, 0.6) is 0 Å². The number of likely N-dealkylation sites (tertiary alicyclic amines) is 1. The average molecular weight is 531 g/mol. The SMILES string of the molecule is C[C@@H](c1cc(C(=O)Nc2cccc(C3([C@H](F)c4nncn4C)COC3)c2)nc(C2CC2)c1)N1CCC2(CC2)C1. The Morgan fingerprint density at radius 2 is 2.00 bits per heavy atom. The molecular formula is C30H35FN6O2. The molecule has 1 N–H and O–H groups in total. The third-order valence-electron chi connectivity index (χ3n) is 9.42. The number of rotatable bonds is 8. The Bertz CT molecular complexity index is 1410. The van der Waals surface area contributed by atoms with Crippen molar-refractivity contribution >= 4 is 11.6 Å². The molecule has 1 amide bonds. The van der Waals surface area contributed by atoms with Gasteiger partial charge in [-0.1, -0.05) is 12.1 Å². The van der Waals surface area contributed by atoms with E-state index < -0.39 is 11.6 Å². The standard InChI is InChI=1S/C30H35FN6O2/c1-19(37-11-10-29(15-37)8-9-29)21-12-24(20-6-7-20)34-25(13-21)28(38)33-23-5-3-4-22(14-23)30(16-39-17-30)26(31)27-35-32-18-36(27)2/h3-5,12-14,18-20,26H,6-11,15-17H2,1-2H3,(H,33,38)/t19-,26+/m0/s1. The van der Waals surface area contributed by atoms with Gasteiger partial charge >= 0.3 is 0 Å². The first-order valence-corrected chi connectivity index (χ1v) is 14.1. The maximum absolute atomic E-state index is 15.8. The number of nitrogens with zero attached hydrogens (tertiary/aromatic N) is 5. The molecule has 2 aliphatic carbocycles. The van der Waals surface area contributed by atoms with Gasteiger partial charge in [0.25, 0.3) is 5.91 Å². The number of anilines is 1. The number of carbonyl (C=O) groups is 1. The summed E-state index contributed by atoms with van der Waals surface area (Å²) in [6.07, 6.45) is 6.35. The molecule has 0 radical (unpaired) electrons. The molecule has 0 unspecified atom stereocenters. The fraction of sp³-hybridized carbons (Fsp3) is 0.533. The van der Waals surface area contributed by atoms with Gasteiger partial charge in [0, 0.05) is 36.9 Å². The minimum absolute atomic E-state index is 0.239. The van der Waals surface area contributed by atoms with E-state index in [-0.39, 0.29) is 31.0 Å². The number of aromatic nitrogens is 4. The highest BCUT2D eigenvalue weighted by molar-refractivity contribution is 6.03. The van der Waals surface area contributed by atoms with Gasteiger partial charge in [0.15, 0.2) is 12.0 Å². The van der Waals surface area contributed by atoms with E-state index in [1.54, 1.807) is 11.6 Å². The molecule has 4 heterocycles. The zero-order valence-corrected chi connectivity index (χ0v) is 22.6. The van der Waals surface area contributed by atoms with Crippen LogP contribution in [0.3, 0.4) is 0 Å². The first-order chi connectivity index (χ1) is 18.9. The second-order valence-electron chi connectivity index (χ2n) is 12.2. The predicted molar refractivity (Wildman–Crippen MR) is 144 cm³/mol. The Kier molecular flexibility index (Phi) is 5.86. The van der Waals surface area contributed by atoms with Crippen molar-refractivity contribution in [2.75, 3.05) is 31.6 Å². The Labute approximate surface area is 228 Å². The number of carbonyl (C=O) groups excluding carboxylic acids is 1. The molecule has 2 aliphatic heterocycles. The number of aryl methyl sites for hydroxylation is 1. The number of hydrogen-bond donors (Lipinski definition) is 1. The zero-order chi connectivity index (χ0) is 26.8. The molecule has 4 aliphatic rings. The molecule has 204 valence electrons. The van der Waals surface area contributed by atoms with Crippen LogP contribution < -0.4 is 5.32 Å². The summed E-state index contributed by atoms with van der Waals surface area (Å²) in [5, 5.41) is 10.9. The molecule has 8 nitrogen and oxygen atoms in total. The van der Waals surface area contributed by atoms with Crippen molar-refractivity contribution in [2.24, 2.45) is 12.5 Å². The van der Waals surface area contributed by atoms with E-state index in [0.29, 0.717) is 22.7 Å². The summed E-state index contributed by atoms with van der Waals surface area (Å²) in [4.78, 5) is 20.9. The summed E-state index contributed by atoms with van der Waals surface area (Å²) in [6.45, 7) is 5.00. The number of benzene rings is 1. The van der Waals surface area contributed by atoms with Gasteiger partial charge in [-0.2, -0.15) is 0 Å². The lowest BCUT2D eigenvalue weighted by Gasteiger charge is -2.43. The van der Waals surface area contributed by atoms with Crippen molar-refractivity contribution in [3.05, 3.63) is 71.1 Å². The van der Waals surface area contributed by atoms with Gasteiger partial charge in [0.1, 0.15) is 12.0 Å². The van der Waals surface area contributed by atoms with Crippen molar-refractivity contribution < 1.29 is 13.9 Å². The summed E-state index contributed by atoms with van der Waals surface area (Å²) in [5.74, 6) is 0.467. The van der Waals surface area contributed by atoms with Gasteiger partial charge < -0.3 is 14.6 Å². The molecule has 1 aromatic carbocycles. The fourth-order valence-electron chi connectivity index (χ4n) is 6.27. The third kappa shape index (κ3) is 4.45. The van der Waals surface area contributed by atoms with Crippen LogP contribution in [0.2, 0.25) is 0 Å². The van der Waals surface area contributed by atoms with Gasteiger partial charge in [-0.05, 0) is 86.4 Å². The minimum atomic E-state index is -1.38. The molecule has 9 heteroatoms. The zero-order valence-electron chi connectivity index (χ0n) is 22.6. The second kappa shape index (κ2) is 9.20. The van der Waals surface area contributed by atoms with Crippen molar-refractivity contribution in [3.8, 4) is 0 Å². The number of halogens is 1. The first kappa shape index (κ1) is 24.8. The van der Waals surface area contributed by atoms with Gasteiger partial charge in [-0.15, -0.1) is 10.2 Å². The molecular weight excluding hydrogens is 495 g/mol. The van der Waals surface area contributed by atoms with Crippen LogP contribution in [0.25, 0.3) is 0 Å². The Hall–Kier alpha value is -3.17. The van der Waals surface area contributed by atoms with E-state index in [0.717, 1.165) is 42.8 Å². The van der Waals surface area contributed by atoms with Crippen LogP contribution in [-0.4, -0.2) is 56.9 Å². The summed E-state index contributed by atoms with van der Waals surface area (Å²) in [5.41, 5.74) is 3.68. The maximum atomic E-state index is 15.8. The van der Waals surface area contributed by atoms with Crippen molar-refractivity contribution in [1.29, 1.82) is 0 Å². The van der Waals surface area contributed by atoms with Gasteiger partial charge in [-0.3, -0.25) is 9.69 Å². The monoisotopic (exact) mass is 530 g/mol. The highest BCUT2D eigenvalue weighted by Gasteiger charge is 2.51. The third-order valence-corrected chi connectivity index (χ3v) is 9.42. The molecule has 1 spiro atoms. The largest absolute Gasteiger partial charge is 0.379 e. The molecule has 2 atom stereocenters. The van der Waals surface area contributed by atoms with Gasteiger partial charge in [0.2, 0.25) is 0 Å². The Morgan fingerprint density at radius 3 is 2.64 bits per heavy atom. The second-order valence-corrected chi connectivity index (χ2v) is 12.2. The predicted octanol–water partition coefficient (Wildman–Crippen LogP) is 4.87. The molecule has 4 fully saturated rings. The van der Waals surface area contributed by atoms with Gasteiger partial charge in [-0.25, -0.2) is 9.37 Å². The fourth-order valence-corrected chi connectivity index (χ4v) is 6.27. The number of pyridine rings is 1. The topological polar surface area (TPSA) is 85.2 Å². The average Bonchev–Trinajstić information content (AvgIpc) is 3.81. The summed E-state index contributed by atoms with van der Waals surface area (Å²) >= 11 is 0. The number of alkyl halides is 1. The number of nitrogens with one attached hydrogen (secondary N) is 1. The van der Waals surface area contributed by atoms with E-state index in [1.807, 2.05) is 30.3 Å². The molecule has 0 bridgehead atoms. The molecule has 2 aromatic heterocycles. The molecule has 7 rings (SSSR count). The lowest BCUT2D eigenvalue weighted by molar-refractivity contribution is -0.102. The van der Waals surface area contributed by atoms with Crippen LogP contribution >= 0.6 is 0 Å². The number of hydrogen-bond acceptors (Lipinski definition) is 6. The molecule has 2 saturated heterocycles. The van der Waals surface area contributed by atoms with Gasteiger partial charge in [0.05, 0.1) is 18.6 Å². The van der Waals surface area contributed by atoms with Crippen LogP contribution in [0.4, 0.5) is 10.1 Å². The summed E-state index contributed by atoms with van der Waals surface area (Å²) in [6, 6.07) is 11.8. The van der Waals surface area contributed by atoms with Crippen molar-refractivity contribution in [3.63, 3.8) is 0 Å². The minimum Gasteiger partial charge on any atom is -0.379 e. The summed E-state index contributed by atoms with van der Waals surface area (Å²) < 4.78 is 22.9. The molecule has 39 heavy (non-hydrogen) atoms. The van der Waals surface area contributed by atoms with E-state index in [4.69, 9.17) is 9.72 Å². The van der Waals surface area contributed by atoms with E-state index in [9.17, 15) is 4.79 Å². The van der Waals surface area contributed by atoms with E-state index in [2.05, 4.69) is 33.4 Å². The van der Waals surface area contributed by atoms with Crippen LogP contribution in [0, 0.1) is 5.41 Å². The Morgan fingerprint density at radius 1 is 1.18 bits per heavy atom. The highest BCUT2D eigenvalue weighted by Crippen LogP contribution is 2.54. The number of ether oxygens (including phenoxy) is 1. The maximum Gasteiger partial charge on any atom is 0.274 e. The quantitative estimate of drug-likeness (QED) is 0.448. The first-order valence-electron chi connectivity index (χ1n) is 14.1. The van der Waals surface area contributed by atoms with Crippen LogP contribution in [0.15, 0.2) is 42.7 Å². The highest BCUT2D eigenvalue weighted by atomic mass is 19.1. The Balaban J connectivity index is 1.13. The smallest absolute Gasteiger partial charge is 0.274 e. The molecule has 3 aromatic rings. The van der Waals surface area contributed by atoms with Crippen molar-refractivity contribution in [2.45, 2.75) is 62.6 Å².